The summed E-state index contributed by atoms with van der Waals surface area (Å²) in [5.74, 6) is 0.496. The number of benzene rings is 1. The van der Waals surface area contributed by atoms with Gasteiger partial charge in [-0.3, -0.25) is 0 Å². The monoisotopic (exact) mass is 247 g/mol. The Bertz CT molecular complexity index is 553. The number of aryl methyl sites for hydroxylation is 1. The molecule has 1 saturated heterocycles. The molecule has 0 aliphatic carbocycles. The van der Waals surface area contributed by atoms with Crippen LogP contribution in [0, 0.1) is 6.92 Å². The van der Waals surface area contributed by atoms with E-state index in [9.17, 15) is 0 Å². The van der Waals surface area contributed by atoms with Gasteiger partial charge in [0.2, 0.25) is 0 Å². The van der Waals surface area contributed by atoms with E-state index in [0.29, 0.717) is 25.1 Å². The second-order valence-electron chi connectivity index (χ2n) is 5.17. The molecule has 1 aromatic heterocycles. The lowest BCUT2D eigenvalue weighted by atomic mass is 9.94. The van der Waals surface area contributed by atoms with Crippen molar-refractivity contribution in [3.63, 3.8) is 0 Å². The van der Waals surface area contributed by atoms with Crippen molar-refractivity contribution in [1.82, 2.24) is 5.32 Å². The fourth-order valence-corrected chi connectivity index (χ4v) is 2.71. The highest BCUT2D eigenvalue weighted by Gasteiger charge is 2.36. The summed E-state index contributed by atoms with van der Waals surface area (Å²) in [7, 11) is 0. The zero-order chi connectivity index (χ0) is 12.6. The van der Waals surface area contributed by atoms with Crippen LogP contribution in [0.4, 0.5) is 4.39 Å². The van der Waals surface area contributed by atoms with Gasteiger partial charge >= 0.3 is 0 Å². The lowest BCUT2D eigenvalue weighted by Gasteiger charge is -2.20. The zero-order valence-corrected chi connectivity index (χ0v) is 10.6. The predicted octanol–water partition coefficient (Wildman–Crippen LogP) is 3.68. The molecule has 96 valence electrons. The van der Waals surface area contributed by atoms with E-state index in [1.165, 1.54) is 0 Å². The molecule has 0 bridgehead atoms. The molecule has 3 rings (SSSR count). The van der Waals surface area contributed by atoms with Gasteiger partial charge in [0.25, 0.3) is 0 Å². The number of para-hydroxylation sites is 1. The van der Waals surface area contributed by atoms with Gasteiger partial charge in [0.05, 0.1) is 0 Å². The van der Waals surface area contributed by atoms with E-state index in [-0.39, 0.29) is 0 Å². The van der Waals surface area contributed by atoms with Gasteiger partial charge in [0, 0.05) is 11.8 Å². The number of fused-ring (bicyclic) bond motifs is 1. The summed E-state index contributed by atoms with van der Waals surface area (Å²) in [5, 5.41) is 4.23. The number of furan rings is 1. The summed E-state index contributed by atoms with van der Waals surface area (Å²) >= 11 is 0. The molecule has 1 aromatic carbocycles. The average molecular weight is 247 g/mol. The van der Waals surface area contributed by atoms with Gasteiger partial charge < -0.3 is 9.73 Å². The lowest BCUT2D eigenvalue weighted by molar-refractivity contribution is 0.114. The summed E-state index contributed by atoms with van der Waals surface area (Å²) < 4.78 is 20.8. The molecule has 18 heavy (non-hydrogen) atoms. The van der Waals surface area contributed by atoms with Crippen LogP contribution in [-0.4, -0.2) is 13.1 Å². The number of rotatable bonds is 1. The molecule has 1 fully saturated rings. The Morgan fingerprint density at radius 3 is 3.00 bits per heavy atom. The molecule has 0 spiro atoms. The van der Waals surface area contributed by atoms with Gasteiger partial charge in [-0.2, -0.15) is 0 Å². The summed E-state index contributed by atoms with van der Waals surface area (Å²) in [5.41, 5.74) is 0.574. The van der Waals surface area contributed by atoms with Crippen molar-refractivity contribution in [1.29, 1.82) is 0 Å². The van der Waals surface area contributed by atoms with Crippen molar-refractivity contribution in [2.24, 2.45) is 0 Å². The topological polar surface area (TPSA) is 25.2 Å². The van der Waals surface area contributed by atoms with Crippen LogP contribution in [-0.2, 0) is 5.67 Å². The second kappa shape index (κ2) is 4.39. The maximum absolute atomic E-state index is 15.0. The smallest absolute Gasteiger partial charge is 0.169 e. The lowest BCUT2D eigenvalue weighted by Crippen LogP contribution is -2.21. The molecule has 3 heteroatoms. The maximum atomic E-state index is 15.0. The molecule has 0 amide bonds. The first-order valence-electron chi connectivity index (χ1n) is 6.58. The third kappa shape index (κ3) is 1.93. The fourth-order valence-electron chi connectivity index (χ4n) is 2.71. The minimum absolute atomic E-state index is 0.492. The molecule has 1 N–H and O–H groups in total. The summed E-state index contributed by atoms with van der Waals surface area (Å²) in [6, 6.07) is 7.83. The first-order chi connectivity index (χ1) is 8.69. The molecule has 2 heterocycles. The summed E-state index contributed by atoms with van der Waals surface area (Å²) in [6.07, 6.45) is 1.89. The number of halogens is 1. The normalized spacial score (nSPS) is 25.2. The first kappa shape index (κ1) is 11.7. The number of hydrogen-bond donors (Lipinski definition) is 1. The van der Waals surface area contributed by atoms with Crippen molar-refractivity contribution >= 4 is 11.0 Å². The second-order valence-corrected chi connectivity index (χ2v) is 5.17. The molecule has 2 nitrogen and oxygen atoms in total. The quantitative estimate of drug-likeness (QED) is 0.831. The van der Waals surface area contributed by atoms with Crippen molar-refractivity contribution in [2.75, 3.05) is 13.1 Å². The molecule has 1 atom stereocenters. The third-order valence-electron chi connectivity index (χ3n) is 3.81. The summed E-state index contributed by atoms with van der Waals surface area (Å²) in [4.78, 5) is 0. The van der Waals surface area contributed by atoms with Gasteiger partial charge in [-0.1, -0.05) is 18.2 Å². The van der Waals surface area contributed by atoms with E-state index < -0.39 is 5.67 Å². The molecule has 0 saturated carbocycles. The van der Waals surface area contributed by atoms with Gasteiger partial charge in [0.1, 0.15) is 11.3 Å². The molecular weight excluding hydrogens is 229 g/mol. The summed E-state index contributed by atoms with van der Waals surface area (Å²) in [6.45, 7) is 3.60. The van der Waals surface area contributed by atoms with E-state index in [4.69, 9.17) is 4.42 Å². The molecule has 1 aliphatic rings. The molecule has 0 radical (unpaired) electrons. The molecule has 2 aromatic rings. The van der Waals surface area contributed by atoms with Crippen LogP contribution in [0.5, 0.6) is 0 Å². The zero-order valence-electron chi connectivity index (χ0n) is 10.6. The van der Waals surface area contributed by atoms with Crippen LogP contribution in [0.2, 0.25) is 0 Å². The highest BCUT2D eigenvalue weighted by Crippen LogP contribution is 2.39. The Morgan fingerprint density at radius 2 is 2.17 bits per heavy atom. The van der Waals surface area contributed by atoms with Crippen molar-refractivity contribution in [3.8, 4) is 0 Å². The maximum Gasteiger partial charge on any atom is 0.169 e. The van der Waals surface area contributed by atoms with E-state index in [1.807, 2.05) is 31.2 Å². The van der Waals surface area contributed by atoms with Crippen LogP contribution < -0.4 is 5.32 Å². The van der Waals surface area contributed by atoms with E-state index in [2.05, 4.69) is 5.32 Å². The van der Waals surface area contributed by atoms with E-state index in [1.54, 1.807) is 0 Å². The fraction of sp³-hybridized carbons (Fsp3) is 0.467. The van der Waals surface area contributed by atoms with Crippen LogP contribution >= 0.6 is 0 Å². The van der Waals surface area contributed by atoms with Gasteiger partial charge in [0.15, 0.2) is 5.67 Å². The molecular formula is C15H18FNO. The largest absolute Gasteiger partial charge is 0.457 e. The van der Waals surface area contributed by atoms with Gasteiger partial charge in [-0.15, -0.1) is 0 Å². The minimum atomic E-state index is -1.31. The van der Waals surface area contributed by atoms with Crippen LogP contribution in [0.3, 0.4) is 0 Å². The van der Waals surface area contributed by atoms with Crippen LogP contribution in [0.25, 0.3) is 11.0 Å². The average Bonchev–Trinajstić information content (AvgIpc) is 2.69. The number of hydrogen-bond acceptors (Lipinski definition) is 2. The molecule has 1 aliphatic heterocycles. The Balaban J connectivity index is 2.05. The minimum Gasteiger partial charge on any atom is -0.457 e. The Kier molecular flexibility index (Phi) is 2.86. The van der Waals surface area contributed by atoms with Crippen molar-refractivity contribution < 1.29 is 8.81 Å². The third-order valence-corrected chi connectivity index (χ3v) is 3.81. The Morgan fingerprint density at radius 1 is 1.28 bits per heavy atom. The highest BCUT2D eigenvalue weighted by molar-refractivity contribution is 5.81. The first-order valence-corrected chi connectivity index (χ1v) is 6.58. The van der Waals surface area contributed by atoms with E-state index >= 15 is 4.39 Å². The Labute approximate surface area is 106 Å². The van der Waals surface area contributed by atoms with Gasteiger partial charge in [-0.05, 0) is 44.5 Å². The number of nitrogens with one attached hydrogen (secondary N) is 1. The highest BCUT2D eigenvalue weighted by atomic mass is 19.1. The van der Waals surface area contributed by atoms with Gasteiger partial charge in [-0.25, -0.2) is 4.39 Å². The molecule has 1 unspecified atom stereocenters. The van der Waals surface area contributed by atoms with Crippen molar-refractivity contribution in [3.05, 3.63) is 35.6 Å². The van der Waals surface area contributed by atoms with Crippen molar-refractivity contribution in [2.45, 2.75) is 31.9 Å². The van der Waals surface area contributed by atoms with E-state index in [0.717, 1.165) is 29.5 Å². The number of alkyl halides is 1. The van der Waals surface area contributed by atoms with Crippen LogP contribution in [0.15, 0.2) is 28.7 Å². The SMILES string of the molecule is Cc1cccc2cc(C3(F)CCCNCC3)oc12. The Hall–Kier alpha value is -1.35. The van der Waals surface area contributed by atoms with Crippen LogP contribution in [0.1, 0.15) is 30.6 Å². The standard InChI is InChI=1S/C15H18FNO/c1-11-4-2-5-12-10-13(18-14(11)12)15(16)6-3-8-17-9-7-15/h2,4-5,10,17H,3,6-9H2,1H3. The predicted molar refractivity (Wildman–Crippen MR) is 70.5 cm³/mol.